The van der Waals surface area contributed by atoms with Gasteiger partial charge in [0.2, 0.25) is 0 Å². The molecule has 0 N–H and O–H groups in total. The van der Waals surface area contributed by atoms with Gasteiger partial charge in [-0.15, -0.1) is 11.3 Å². The second-order valence-corrected chi connectivity index (χ2v) is 8.34. The first-order valence-corrected chi connectivity index (χ1v) is 10.9. The van der Waals surface area contributed by atoms with Gasteiger partial charge in [0.15, 0.2) is 0 Å². The van der Waals surface area contributed by atoms with Crippen LogP contribution < -0.4 is 4.74 Å². The number of benzene rings is 2. The van der Waals surface area contributed by atoms with Gasteiger partial charge in [-0.05, 0) is 35.6 Å². The lowest BCUT2D eigenvalue weighted by atomic mass is 10.2. The lowest BCUT2D eigenvalue weighted by Crippen LogP contribution is -2.48. The minimum absolute atomic E-state index is 0.136. The van der Waals surface area contributed by atoms with Crippen LogP contribution in [0, 0.1) is 6.92 Å². The van der Waals surface area contributed by atoms with Gasteiger partial charge in [-0.25, -0.2) is 0 Å². The molecule has 29 heavy (non-hydrogen) atoms. The molecule has 1 aliphatic rings. The van der Waals surface area contributed by atoms with Gasteiger partial charge in [-0.1, -0.05) is 48.5 Å². The molecule has 4 rings (SSSR count). The Hall–Kier alpha value is -2.63. The molecule has 0 radical (unpaired) electrons. The van der Waals surface area contributed by atoms with E-state index < -0.39 is 0 Å². The molecule has 2 heterocycles. The number of aryl methyl sites for hydroxylation is 1. The first kappa shape index (κ1) is 19.7. The van der Waals surface area contributed by atoms with E-state index in [1.54, 1.807) is 0 Å². The van der Waals surface area contributed by atoms with Gasteiger partial charge >= 0.3 is 0 Å². The maximum absolute atomic E-state index is 12.9. The lowest BCUT2D eigenvalue weighted by molar-refractivity contribution is 0.0633. The number of thiophene rings is 1. The SMILES string of the molecule is Cc1ccccc1OCc1csc(C(=O)N2CCN(Cc3ccccc3)CC2)c1. The first-order chi connectivity index (χ1) is 14.2. The van der Waals surface area contributed by atoms with Crippen LogP contribution >= 0.6 is 11.3 Å². The number of hydrogen-bond acceptors (Lipinski definition) is 4. The zero-order chi connectivity index (χ0) is 20.1. The quantitative estimate of drug-likeness (QED) is 0.600. The third-order valence-corrected chi connectivity index (χ3v) is 6.23. The molecular weight excluding hydrogens is 380 g/mol. The van der Waals surface area contributed by atoms with E-state index in [0.717, 1.165) is 54.5 Å². The summed E-state index contributed by atoms with van der Waals surface area (Å²) in [5, 5.41) is 2.02. The van der Waals surface area contributed by atoms with Crippen molar-refractivity contribution in [3.05, 3.63) is 87.6 Å². The molecular formula is C24H26N2O2S. The maximum Gasteiger partial charge on any atom is 0.264 e. The monoisotopic (exact) mass is 406 g/mol. The molecule has 150 valence electrons. The predicted molar refractivity (Wildman–Crippen MR) is 117 cm³/mol. The molecule has 1 aromatic heterocycles. The smallest absolute Gasteiger partial charge is 0.264 e. The molecule has 1 aliphatic heterocycles. The summed E-state index contributed by atoms with van der Waals surface area (Å²) in [5.41, 5.74) is 3.49. The standard InChI is InChI=1S/C24H26N2O2S/c1-19-7-5-6-10-22(19)28-17-21-15-23(29-18-21)24(27)26-13-11-25(12-14-26)16-20-8-3-2-4-9-20/h2-10,15,18H,11-14,16-17H2,1H3. The highest BCUT2D eigenvalue weighted by Gasteiger charge is 2.23. The lowest BCUT2D eigenvalue weighted by Gasteiger charge is -2.34. The Balaban J connectivity index is 1.29. The molecule has 0 saturated carbocycles. The van der Waals surface area contributed by atoms with Crippen LogP contribution in [-0.2, 0) is 13.2 Å². The molecule has 0 atom stereocenters. The summed E-state index contributed by atoms with van der Waals surface area (Å²) in [4.78, 5) is 18.1. The van der Waals surface area contributed by atoms with Crippen LogP contribution in [0.15, 0.2) is 66.0 Å². The van der Waals surface area contributed by atoms with Crippen LogP contribution in [0.25, 0.3) is 0 Å². The second-order valence-electron chi connectivity index (χ2n) is 7.43. The first-order valence-electron chi connectivity index (χ1n) is 10.0. The van der Waals surface area contributed by atoms with Crippen LogP contribution in [-0.4, -0.2) is 41.9 Å². The molecule has 1 amide bonds. The van der Waals surface area contributed by atoms with Crippen molar-refractivity contribution >= 4 is 17.2 Å². The summed E-state index contributed by atoms with van der Waals surface area (Å²) >= 11 is 1.51. The molecule has 4 nitrogen and oxygen atoms in total. The van der Waals surface area contributed by atoms with E-state index in [2.05, 4.69) is 29.2 Å². The Morgan fingerprint density at radius 2 is 1.69 bits per heavy atom. The van der Waals surface area contributed by atoms with Crippen molar-refractivity contribution in [3.8, 4) is 5.75 Å². The van der Waals surface area contributed by atoms with Crippen molar-refractivity contribution in [1.82, 2.24) is 9.80 Å². The van der Waals surface area contributed by atoms with Crippen LogP contribution in [0.4, 0.5) is 0 Å². The highest BCUT2D eigenvalue weighted by atomic mass is 32.1. The number of carbonyl (C=O) groups is 1. The fourth-order valence-corrected chi connectivity index (χ4v) is 4.41. The van der Waals surface area contributed by atoms with Gasteiger partial charge < -0.3 is 9.64 Å². The van der Waals surface area contributed by atoms with Crippen LogP contribution in [0.5, 0.6) is 5.75 Å². The van der Waals surface area contributed by atoms with Crippen molar-refractivity contribution < 1.29 is 9.53 Å². The number of rotatable bonds is 6. The number of piperazine rings is 1. The van der Waals surface area contributed by atoms with Crippen LogP contribution in [0.2, 0.25) is 0 Å². The van der Waals surface area contributed by atoms with E-state index in [0.29, 0.717) is 6.61 Å². The largest absolute Gasteiger partial charge is 0.489 e. The molecule has 1 fully saturated rings. The average molecular weight is 407 g/mol. The fraction of sp³-hybridized carbons (Fsp3) is 0.292. The van der Waals surface area contributed by atoms with Crippen molar-refractivity contribution in [3.63, 3.8) is 0 Å². The Morgan fingerprint density at radius 3 is 2.45 bits per heavy atom. The molecule has 1 saturated heterocycles. The summed E-state index contributed by atoms with van der Waals surface area (Å²) in [6, 6.07) is 20.5. The number of amides is 1. The average Bonchev–Trinajstić information content (AvgIpc) is 3.23. The van der Waals surface area contributed by atoms with Gasteiger partial charge in [-0.2, -0.15) is 0 Å². The molecule has 3 aromatic rings. The molecule has 0 aliphatic carbocycles. The maximum atomic E-state index is 12.9. The Bertz CT molecular complexity index is 946. The minimum atomic E-state index is 0.136. The summed E-state index contributed by atoms with van der Waals surface area (Å²) in [5.74, 6) is 1.03. The molecule has 2 aromatic carbocycles. The van der Waals surface area contributed by atoms with Gasteiger partial charge in [0.25, 0.3) is 5.91 Å². The third kappa shape index (κ3) is 5.05. The van der Waals surface area contributed by atoms with Gasteiger partial charge in [-0.3, -0.25) is 9.69 Å². The third-order valence-electron chi connectivity index (χ3n) is 5.26. The zero-order valence-corrected chi connectivity index (χ0v) is 17.5. The van der Waals surface area contributed by atoms with Crippen molar-refractivity contribution in [2.75, 3.05) is 26.2 Å². The summed E-state index contributed by atoms with van der Waals surface area (Å²) in [7, 11) is 0. The number of hydrogen-bond donors (Lipinski definition) is 0. The number of ether oxygens (including phenoxy) is 1. The van der Waals surface area contributed by atoms with Gasteiger partial charge in [0.1, 0.15) is 12.4 Å². The Labute approximate surface area is 176 Å². The Kier molecular flexibility index (Phi) is 6.27. The summed E-state index contributed by atoms with van der Waals surface area (Å²) in [6.45, 7) is 6.85. The number of carbonyl (C=O) groups excluding carboxylic acids is 1. The van der Waals surface area contributed by atoms with Gasteiger partial charge in [0.05, 0.1) is 4.88 Å². The Morgan fingerprint density at radius 1 is 0.966 bits per heavy atom. The van der Waals surface area contributed by atoms with E-state index in [1.807, 2.05) is 53.6 Å². The van der Waals surface area contributed by atoms with Crippen LogP contribution in [0.3, 0.4) is 0 Å². The van der Waals surface area contributed by atoms with Crippen LogP contribution in [0.1, 0.15) is 26.4 Å². The fourth-order valence-electron chi connectivity index (χ4n) is 3.55. The molecule has 0 bridgehead atoms. The number of para-hydroxylation sites is 1. The van der Waals surface area contributed by atoms with E-state index in [9.17, 15) is 4.79 Å². The van der Waals surface area contributed by atoms with E-state index in [4.69, 9.17) is 4.74 Å². The van der Waals surface area contributed by atoms with E-state index in [-0.39, 0.29) is 5.91 Å². The highest BCUT2D eigenvalue weighted by Crippen LogP contribution is 2.22. The molecule has 0 spiro atoms. The minimum Gasteiger partial charge on any atom is -0.489 e. The van der Waals surface area contributed by atoms with Crippen molar-refractivity contribution in [2.45, 2.75) is 20.1 Å². The van der Waals surface area contributed by atoms with Crippen molar-refractivity contribution in [2.24, 2.45) is 0 Å². The van der Waals surface area contributed by atoms with Crippen molar-refractivity contribution in [1.29, 1.82) is 0 Å². The number of nitrogens with zero attached hydrogens (tertiary/aromatic N) is 2. The topological polar surface area (TPSA) is 32.8 Å². The highest BCUT2D eigenvalue weighted by molar-refractivity contribution is 7.12. The summed E-state index contributed by atoms with van der Waals surface area (Å²) in [6.07, 6.45) is 0. The van der Waals surface area contributed by atoms with Gasteiger partial charge in [0, 0.05) is 38.3 Å². The summed E-state index contributed by atoms with van der Waals surface area (Å²) < 4.78 is 5.91. The normalized spacial score (nSPS) is 14.7. The zero-order valence-electron chi connectivity index (χ0n) is 16.7. The predicted octanol–water partition coefficient (Wildman–Crippen LogP) is 4.59. The van der Waals surface area contributed by atoms with E-state index in [1.165, 1.54) is 16.9 Å². The molecule has 0 unspecified atom stereocenters. The molecule has 5 heteroatoms. The van der Waals surface area contributed by atoms with E-state index >= 15 is 0 Å². The second kappa shape index (κ2) is 9.25.